The first-order valence-corrected chi connectivity index (χ1v) is 6.14. The average molecular weight is 232 g/mol. The van der Waals surface area contributed by atoms with Crippen LogP contribution in [-0.4, -0.2) is 24.0 Å². The lowest BCUT2D eigenvalue weighted by atomic mass is 9.93. The highest BCUT2D eigenvalue weighted by Gasteiger charge is 2.31. The summed E-state index contributed by atoms with van der Waals surface area (Å²) in [6, 6.07) is 10.1. The Morgan fingerprint density at radius 1 is 1.35 bits per heavy atom. The molecule has 1 fully saturated rings. The van der Waals surface area contributed by atoms with E-state index < -0.39 is 0 Å². The molecule has 92 valence electrons. The van der Waals surface area contributed by atoms with Crippen molar-refractivity contribution >= 4 is 6.03 Å². The summed E-state index contributed by atoms with van der Waals surface area (Å²) in [5.74, 6) is 0. The van der Waals surface area contributed by atoms with Crippen LogP contribution in [-0.2, 0) is 6.54 Å². The lowest BCUT2D eigenvalue weighted by Gasteiger charge is -2.20. The van der Waals surface area contributed by atoms with Gasteiger partial charge in [0.1, 0.15) is 0 Å². The van der Waals surface area contributed by atoms with Crippen molar-refractivity contribution in [3.8, 4) is 0 Å². The maximum atomic E-state index is 11.9. The van der Waals surface area contributed by atoms with Gasteiger partial charge in [-0.05, 0) is 17.4 Å². The summed E-state index contributed by atoms with van der Waals surface area (Å²) in [4.78, 5) is 13.8. The van der Waals surface area contributed by atoms with Gasteiger partial charge in [-0.15, -0.1) is 0 Å². The van der Waals surface area contributed by atoms with Crippen molar-refractivity contribution < 1.29 is 4.79 Å². The average Bonchev–Trinajstić information content (AvgIpc) is 2.68. The van der Waals surface area contributed by atoms with Crippen molar-refractivity contribution in [1.29, 1.82) is 0 Å². The molecule has 0 bridgehead atoms. The molecule has 3 nitrogen and oxygen atoms in total. The minimum Gasteiger partial charge on any atom is -0.334 e. The molecule has 1 aliphatic rings. The van der Waals surface area contributed by atoms with Gasteiger partial charge in [-0.3, -0.25) is 0 Å². The Hall–Kier alpha value is -1.51. The maximum Gasteiger partial charge on any atom is 0.317 e. The largest absolute Gasteiger partial charge is 0.334 e. The lowest BCUT2D eigenvalue weighted by Crippen LogP contribution is -2.38. The van der Waals surface area contributed by atoms with Crippen molar-refractivity contribution in [3.05, 3.63) is 35.9 Å². The predicted octanol–water partition coefficient (Wildman–Crippen LogP) is 2.63. The number of amides is 2. The monoisotopic (exact) mass is 232 g/mol. The lowest BCUT2D eigenvalue weighted by molar-refractivity contribution is 0.203. The van der Waals surface area contributed by atoms with Crippen LogP contribution in [0.1, 0.15) is 25.8 Å². The Bertz CT molecular complexity index is 386. The highest BCUT2D eigenvalue weighted by molar-refractivity contribution is 5.74. The number of urea groups is 1. The first kappa shape index (κ1) is 12.0. The fraction of sp³-hybridized carbons (Fsp3) is 0.500. The summed E-state index contributed by atoms with van der Waals surface area (Å²) >= 11 is 0. The van der Waals surface area contributed by atoms with Crippen LogP contribution >= 0.6 is 0 Å². The second kappa shape index (κ2) is 4.78. The summed E-state index contributed by atoms with van der Waals surface area (Å²) in [6.07, 6.45) is 1.09. The van der Waals surface area contributed by atoms with E-state index in [9.17, 15) is 4.79 Å². The first-order chi connectivity index (χ1) is 8.07. The summed E-state index contributed by atoms with van der Waals surface area (Å²) in [5.41, 5.74) is 1.41. The number of rotatable bonds is 2. The molecule has 1 aromatic carbocycles. The third-order valence-corrected chi connectivity index (χ3v) is 3.25. The van der Waals surface area contributed by atoms with E-state index >= 15 is 0 Å². The van der Waals surface area contributed by atoms with E-state index in [0.717, 1.165) is 25.1 Å². The molecule has 1 N–H and O–H groups in total. The molecule has 1 aliphatic heterocycles. The Balaban J connectivity index is 1.83. The topological polar surface area (TPSA) is 32.3 Å². The fourth-order valence-electron chi connectivity index (χ4n) is 2.17. The number of nitrogens with zero attached hydrogens (tertiary/aromatic N) is 1. The van der Waals surface area contributed by atoms with Gasteiger partial charge in [-0.2, -0.15) is 0 Å². The van der Waals surface area contributed by atoms with Crippen LogP contribution in [0.3, 0.4) is 0 Å². The van der Waals surface area contributed by atoms with Crippen LogP contribution in [0, 0.1) is 5.41 Å². The Labute approximate surface area is 103 Å². The molecule has 0 unspecified atom stereocenters. The van der Waals surface area contributed by atoms with Gasteiger partial charge < -0.3 is 10.2 Å². The number of hydrogen-bond donors (Lipinski definition) is 1. The Morgan fingerprint density at radius 2 is 2.06 bits per heavy atom. The summed E-state index contributed by atoms with van der Waals surface area (Å²) in [7, 11) is 0. The fourth-order valence-corrected chi connectivity index (χ4v) is 2.17. The molecule has 3 heteroatoms. The SMILES string of the molecule is CC1(C)CCN(C(=O)NCc2ccccc2)C1. The summed E-state index contributed by atoms with van der Waals surface area (Å²) in [5, 5.41) is 2.97. The molecule has 2 amide bonds. The van der Waals surface area contributed by atoms with E-state index in [1.54, 1.807) is 0 Å². The van der Waals surface area contributed by atoms with Crippen LogP contribution in [0.5, 0.6) is 0 Å². The van der Waals surface area contributed by atoms with Gasteiger partial charge in [0.25, 0.3) is 0 Å². The zero-order chi connectivity index (χ0) is 12.3. The number of carbonyl (C=O) groups excluding carboxylic acids is 1. The molecule has 0 saturated carbocycles. The van der Waals surface area contributed by atoms with E-state index in [1.807, 2.05) is 35.2 Å². The molecule has 2 rings (SSSR count). The quantitative estimate of drug-likeness (QED) is 0.835. The normalized spacial score (nSPS) is 18.1. The van der Waals surface area contributed by atoms with E-state index in [2.05, 4.69) is 19.2 Å². The third kappa shape index (κ3) is 3.22. The van der Waals surface area contributed by atoms with Gasteiger partial charge in [0.15, 0.2) is 0 Å². The third-order valence-electron chi connectivity index (χ3n) is 3.25. The molecular formula is C14H20N2O. The molecular weight excluding hydrogens is 212 g/mol. The van der Waals surface area contributed by atoms with Crippen LogP contribution in [0.4, 0.5) is 4.79 Å². The smallest absolute Gasteiger partial charge is 0.317 e. The van der Waals surface area contributed by atoms with E-state index in [4.69, 9.17) is 0 Å². The molecule has 1 heterocycles. The first-order valence-electron chi connectivity index (χ1n) is 6.14. The van der Waals surface area contributed by atoms with Crippen molar-refractivity contribution in [2.24, 2.45) is 5.41 Å². The Morgan fingerprint density at radius 3 is 2.65 bits per heavy atom. The van der Waals surface area contributed by atoms with Crippen LogP contribution in [0.15, 0.2) is 30.3 Å². The highest BCUT2D eigenvalue weighted by Crippen LogP contribution is 2.28. The van der Waals surface area contributed by atoms with E-state index in [1.165, 1.54) is 0 Å². The zero-order valence-electron chi connectivity index (χ0n) is 10.6. The number of likely N-dealkylation sites (tertiary alicyclic amines) is 1. The van der Waals surface area contributed by atoms with Crippen LogP contribution in [0.25, 0.3) is 0 Å². The molecule has 0 aliphatic carbocycles. The predicted molar refractivity (Wildman–Crippen MR) is 68.6 cm³/mol. The molecule has 0 aromatic heterocycles. The van der Waals surface area contributed by atoms with Gasteiger partial charge >= 0.3 is 6.03 Å². The second-order valence-corrected chi connectivity index (χ2v) is 5.48. The van der Waals surface area contributed by atoms with Gasteiger partial charge in [0, 0.05) is 19.6 Å². The second-order valence-electron chi connectivity index (χ2n) is 5.48. The standard InChI is InChI=1S/C14H20N2O/c1-14(2)8-9-16(11-14)13(17)15-10-12-6-4-3-5-7-12/h3-7H,8-11H2,1-2H3,(H,15,17). The Kier molecular flexibility index (Phi) is 3.36. The number of nitrogens with one attached hydrogen (secondary N) is 1. The van der Waals surface area contributed by atoms with Crippen LogP contribution in [0.2, 0.25) is 0 Å². The number of hydrogen-bond acceptors (Lipinski definition) is 1. The summed E-state index contributed by atoms with van der Waals surface area (Å²) < 4.78 is 0. The number of benzene rings is 1. The van der Waals surface area contributed by atoms with E-state index in [-0.39, 0.29) is 11.4 Å². The van der Waals surface area contributed by atoms with Crippen molar-refractivity contribution in [3.63, 3.8) is 0 Å². The highest BCUT2D eigenvalue weighted by atomic mass is 16.2. The van der Waals surface area contributed by atoms with Gasteiger partial charge in [0.05, 0.1) is 0 Å². The molecule has 0 radical (unpaired) electrons. The van der Waals surface area contributed by atoms with Crippen molar-refractivity contribution in [2.75, 3.05) is 13.1 Å². The van der Waals surface area contributed by atoms with Crippen molar-refractivity contribution in [1.82, 2.24) is 10.2 Å². The minimum absolute atomic E-state index is 0.0550. The van der Waals surface area contributed by atoms with Crippen LogP contribution < -0.4 is 5.32 Å². The van der Waals surface area contributed by atoms with Gasteiger partial charge in [-0.1, -0.05) is 44.2 Å². The molecule has 1 saturated heterocycles. The summed E-state index contributed by atoms with van der Waals surface area (Å²) in [6.45, 7) is 6.74. The van der Waals surface area contributed by atoms with Crippen molar-refractivity contribution in [2.45, 2.75) is 26.8 Å². The molecule has 1 aromatic rings. The van der Waals surface area contributed by atoms with Gasteiger partial charge in [-0.25, -0.2) is 4.79 Å². The van der Waals surface area contributed by atoms with E-state index in [0.29, 0.717) is 6.54 Å². The minimum atomic E-state index is 0.0550. The molecule has 17 heavy (non-hydrogen) atoms. The molecule has 0 spiro atoms. The zero-order valence-corrected chi connectivity index (χ0v) is 10.6. The number of carbonyl (C=O) groups is 1. The maximum absolute atomic E-state index is 11.9. The molecule has 0 atom stereocenters. The van der Waals surface area contributed by atoms with Gasteiger partial charge in [0.2, 0.25) is 0 Å².